The van der Waals surface area contributed by atoms with Crippen LogP contribution in [0.5, 0.6) is 0 Å². The molecule has 15 heavy (non-hydrogen) atoms. The molecular weight excluding hydrogens is 198 g/mol. The lowest BCUT2D eigenvalue weighted by molar-refractivity contribution is -0.122. The monoisotopic (exact) mass is 217 g/mol. The van der Waals surface area contributed by atoms with Gasteiger partial charge in [0.1, 0.15) is 5.60 Å². The highest BCUT2D eigenvalue weighted by Gasteiger charge is 2.32. The Morgan fingerprint density at radius 2 is 2.40 bits per heavy atom. The fourth-order valence-corrected chi connectivity index (χ4v) is 1.43. The van der Waals surface area contributed by atoms with Gasteiger partial charge in [-0.25, -0.2) is 0 Å². The lowest BCUT2D eigenvalue weighted by Gasteiger charge is -2.20. The predicted octanol–water partition coefficient (Wildman–Crippen LogP) is -0.585. The third-order valence-corrected chi connectivity index (χ3v) is 2.49. The predicted molar refractivity (Wildman–Crippen MR) is 54.3 cm³/mol. The van der Waals surface area contributed by atoms with E-state index in [1.165, 1.54) is 0 Å². The van der Waals surface area contributed by atoms with Gasteiger partial charge in [-0.1, -0.05) is 0 Å². The van der Waals surface area contributed by atoms with Crippen molar-refractivity contribution in [3.63, 3.8) is 0 Å². The summed E-state index contributed by atoms with van der Waals surface area (Å²) in [7, 11) is 0. The van der Waals surface area contributed by atoms with E-state index in [0.29, 0.717) is 19.4 Å². The Hall–Kier alpha value is -0.650. The molecule has 0 aliphatic carbocycles. The molecule has 5 heteroatoms. The maximum atomic E-state index is 11.3. The first-order valence-electron chi connectivity index (χ1n) is 5.27. The van der Waals surface area contributed by atoms with Crippen LogP contribution in [0.1, 0.15) is 26.2 Å². The van der Waals surface area contributed by atoms with Gasteiger partial charge in [-0.15, -0.1) is 0 Å². The number of hydrogen-bond acceptors (Lipinski definition) is 4. The maximum Gasteiger partial charge on any atom is 0.220 e. The van der Waals surface area contributed by atoms with Crippen molar-refractivity contribution in [2.75, 3.05) is 19.8 Å². The van der Waals surface area contributed by atoms with Crippen molar-refractivity contribution < 1.29 is 19.7 Å². The van der Waals surface area contributed by atoms with Crippen molar-refractivity contribution in [2.45, 2.75) is 37.9 Å². The Morgan fingerprint density at radius 3 is 2.93 bits per heavy atom. The first kappa shape index (κ1) is 12.4. The Kier molecular flexibility index (Phi) is 4.50. The molecule has 0 bridgehead atoms. The third-order valence-electron chi connectivity index (χ3n) is 2.49. The Balaban J connectivity index is 2.16. The van der Waals surface area contributed by atoms with E-state index in [0.717, 1.165) is 0 Å². The number of aliphatic hydroxyl groups excluding tert-OH is 1. The molecule has 2 unspecified atom stereocenters. The SMILES string of the molecule is CC(O)CCC(=O)NCC1(O)CCOC1. The van der Waals surface area contributed by atoms with Crippen LogP contribution in [-0.2, 0) is 9.53 Å². The van der Waals surface area contributed by atoms with E-state index in [1.54, 1.807) is 6.92 Å². The fourth-order valence-electron chi connectivity index (χ4n) is 1.43. The lowest BCUT2D eigenvalue weighted by atomic mass is 10.0. The van der Waals surface area contributed by atoms with Crippen molar-refractivity contribution in [2.24, 2.45) is 0 Å². The minimum atomic E-state index is -0.902. The van der Waals surface area contributed by atoms with Gasteiger partial charge in [0.2, 0.25) is 5.91 Å². The van der Waals surface area contributed by atoms with Gasteiger partial charge in [0.05, 0.1) is 12.7 Å². The average Bonchev–Trinajstić information content (AvgIpc) is 2.60. The van der Waals surface area contributed by atoms with Gasteiger partial charge >= 0.3 is 0 Å². The van der Waals surface area contributed by atoms with E-state index < -0.39 is 11.7 Å². The van der Waals surface area contributed by atoms with Gasteiger partial charge in [-0.3, -0.25) is 4.79 Å². The Labute approximate surface area is 89.4 Å². The summed E-state index contributed by atoms with van der Waals surface area (Å²) in [6.07, 6.45) is 0.827. The van der Waals surface area contributed by atoms with Crippen LogP contribution in [0.15, 0.2) is 0 Å². The second-order valence-corrected chi connectivity index (χ2v) is 4.19. The minimum absolute atomic E-state index is 0.142. The van der Waals surface area contributed by atoms with Gasteiger partial charge in [-0.05, 0) is 13.3 Å². The Morgan fingerprint density at radius 1 is 1.67 bits per heavy atom. The number of nitrogens with one attached hydrogen (secondary N) is 1. The highest BCUT2D eigenvalue weighted by atomic mass is 16.5. The normalized spacial score (nSPS) is 27.7. The standard InChI is InChI=1S/C10H19NO4/c1-8(12)2-3-9(13)11-6-10(14)4-5-15-7-10/h8,12,14H,2-7H2,1H3,(H,11,13). The van der Waals surface area contributed by atoms with Gasteiger partial charge in [0.15, 0.2) is 0 Å². The average molecular weight is 217 g/mol. The third kappa shape index (κ3) is 4.59. The number of aliphatic hydroxyl groups is 2. The molecule has 0 spiro atoms. The van der Waals surface area contributed by atoms with E-state index in [9.17, 15) is 9.90 Å². The second kappa shape index (κ2) is 5.44. The van der Waals surface area contributed by atoms with Crippen LogP contribution in [0.3, 0.4) is 0 Å². The lowest BCUT2D eigenvalue weighted by Crippen LogP contribution is -2.43. The summed E-state index contributed by atoms with van der Waals surface area (Å²) < 4.78 is 5.05. The zero-order chi connectivity index (χ0) is 11.3. The zero-order valence-electron chi connectivity index (χ0n) is 9.03. The molecule has 0 radical (unpaired) electrons. The van der Waals surface area contributed by atoms with Crippen LogP contribution in [0.4, 0.5) is 0 Å². The van der Waals surface area contributed by atoms with Gasteiger partial charge in [0.25, 0.3) is 0 Å². The van der Waals surface area contributed by atoms with Crippen molar-refractivity contribution >= 4 is 5.91 Å². The smallest absolute Gasteiger partial charge is 0.220 e. The summed E-state index contributed by atoms with van der Waals surface area (Å²) in [6.45, 7) is 2.70. The molecule has 1 rings (SSSR count). The van der Waals surface area contributed by atoms with E-state index >= 15 is 0 Å². The number of hydrogen-bond donors (Lipinski definition) is 3. The maximum absolute atomic E-state index is 11.3. The summed E-state index contributed by atoms with van der Waals surface area (Å²) in [5, 5.41) is 21.5. The first-order valence-corrected chi connectivity index (χ1v) is 5.27. The molecule has 1 fully saturated rings. The Bertz CT molecular complexity index is 211. The van der Waals surface area contributed by atoms with Crippen LogP contribution in [0, 0.1) is 0 Å². The van der Waals surface area contributed by atoms with E-state index in [2.05, 4.69) is 5.32 Å². The number of carbonyl (C=O) groups excluding carboxylic acids is 1. The van der Waals surface area contributed by atoms with Crippen molar-refractivity contribution in [3.8, 4) is 0 Å². The van der Waals surface area contributed by atoms with Crippen molar-refractivity contribution in [1.82, 2.24) is 5.32 Å². The van der Waals surface area contributed by atoms with E-state index in [-0.39, 0.29) is 25.5 Å². The van der Waals surface area contributed by atoms with Crippen LogP contribution in [-0.4, -0.2) is 47.6 Å². The molecule has 1 saturated heterocycles. The molecule has 1 heterocycles. The molecule has 1 aliphatic heterocycles. The molecule has 5 nitrogen and oxygen atoms in total. The van der Waals surface area contributed by atoms with Crippen LogP contribution in [0.25, 0.3) is 0 Å². The van der Waals surface area contributed by atoms with Gasteiger partial charge < -0.3 is 20.3 Å². The first-order chi connectivity index (χ1) is 7.02. The molecule has 88 valence electrons. The summed E-state index contributed by atoms with van der Waals surface area (Å²) in [5.74, 6) is -0.142. The number of ether oxygens (including phenoxy) is 1. The molecule has 1 amide bonds. The van der Waals surface area contributed by atoms with Crippen molar-refractivity contribution in [1.29, 1.82) is 0 Å². The van der Waals surface area contributed by atoms with Crippen LogP contribution >= 0.6 is 0 Å². The molecular formula is C10H19NO4. The van der Waals surface area contributed by atoms with E-state index in [4.69, 9.17) is 9.84 Å². The number of amides is 1. The van der Waals surface area contributed by atoms with Crippen molar-refractivity contribution in [3.05, 3.63) is 0 Å². The molecule has 0 aromatic heterocycles. The fraction of sp³-hybridized carbons (Fsp3) is 0.900. The highest BCUT2D eigenvalue weighted by molar-refractivity contribution is 5.75. The van der Waals surface area contributed by atoms with Crippen LogP contribution in [0.2, 0.25) is 0 Å². The molecule has 0 saturated carbocycles. The second-order valence-electron chi connectivity index (χ2n) is 4.19. The largest absolute Gasteiger partial charge is 0.393 e. The quantitative estimate of drug-likeness (QED) is 0.575. The minimum Gasteiger partial charge on any atom is -0.393 e. The van der Waals surface area contributed by atoms with Gasteiger partial charge in [0, 0.05) is 26.0 Å². The summed E-state index contributed by atoms with van der Waals surface area (Å²) >= 11 is 0. The van der Waals surface area contributed by atoms with Gasteiger partial charge in [-0.2, -0.15) is 0 Å². The highest BCUT2D eigenvalue weighted by Crippen LogP contribution is 2.16. The molecule has 1 aliphatic rings. The number of carbonyl (C=O) groups is 1. The molecule has 2 atom stereocenters. The molecule has 0 aromatic carbocycles. The number of rotatable bonds is 5. The summed E-state index contributed by atoms with van der Waals surface area (Å²) in [6, 6.07) is 0. The topological polar surface area (TPSA) is 78.8 Å². The van der Waals surface area contributed by atoms with Crippen LogP contribution < -0.4 is 5.32 Å². The zero-order valence-corrected chi connectivity index (χ0v) is 9.03. The summed E-state index contributed by atoms with van der Waals surface area (Å²) in [5.41, 5.74) is -0.902. The summed E-state index contributed by atoms with van der Waals surface area (Å²) in [4.78, 5) is 11.3. The van der Waals surface area contributed by atoms with E-state index in [1.807, 2.05) is 0 Å². The molecule has 0 aromatic rings. The molecule has 3 N–H and O–H groups in total.